The number of hydrogen-bond acceptors (Lipinski definition) is 8. The number of nitrogens with one attached hydrogen (secondary N) is 2. The Hall–Kier alpha value is -1.76. The van der Waals surface area contributed by atoms with Crippen molar-refractivity contribution in [1.29, 1.82) is 0 Å². The molecule has 0 aliphatic heterocycles. The average Bonchev–Trinajstić information content (AvgIpc) is 2.47. The summed E-state index contributed by atoms with van der Waals surface area (Å²) in [6.07, 6.45) is -3.41. The highest BCUT2D eigenvalue weighted by atomic mass is 35.5. The highest BCUT2D eigenvalue weighted by Crippen LogP contribution is 2.05. The van der Waals surface area contributed by atoms with E-state index in [0.717, 1.165) is 0 Å². The normalized spacial score (nSPS) is 15.4. The molecule has 0 spiro atoms. The minimum absolute atomic E-state index is 0.284. The first-order chi connectivity index (χ1) is 11.1. The second-order valence-corrected chi connectivity index (χ2v) is 5.90. The molecule has 0 aromatic carbocycles. The summed E-state index contributed by atoms with van der Waals surface area (Å²) in [5.41, 5.74) is -1.61. The number of urea groups is 2. The van der Waals surface area contributed by atoms with Crippen LogP contribution < -0.4 is 10.6 Å². The third kappa shape index (κ3) is 8.19. The lowest BCUT2D eigenvalue weighted by Gasteiger charge is -2.24. The van der Waals surface area contributed by atoms with Gasteiger partial charge < -0.3 is 20.8 Å². The van der Waals surface area contributed by atoms with Crippen molar-refractivity contribution in [3.8, 4) is 0 Å². The molecule has 4 N–H and O–H groups in total. The molecule has 0 bridgehead atoms. The first kappa shape index (κ1) is 22.2. The summed E-state index contributed by atoms with van der Waals surface area (Å²) in [5.74, 6) is 0. The number of halogens is 2. The Morgan fingerprint density at radius 3 is 1.42 bits per heavy atom. The Morgan fingerprint density at radius 2 is 1.21 bits per heavy atom. The molecule has 0 aliphatic rings. The molecule has 138 valence electrons. The Morgan fingerprint density at radius 1 is 0.917 bits per heavy atom. The molecule has 0 heterocycles. The monoisotopic (exact) mass is 388 g/mol. The van der Waals surface area contributed by atoms with E-state index in [1.54, 1.807) is 0 Å². The number of nitrogens with zero attached hydrogens (tertiary/aromatic N) is 4. The quantitative estimate of drug-likeness (QED) is 0.191. The first-order valence-electron chi connectivity index (χ1n) is 6.59. The van der Waals surface area contributed by atoms with Crippen LogP contribution in [-0.4, -0.2) is 68.6 Å². The van der Waals surface area contributed by atoms with Gasteiger partial charge >= 0.3 is 12.1 Å². The molecule has 4 amide bonds. The summed E-state index contributed by atoms with van der Waals surface area (Å²) < 4.78 is 0. The van der Waals surface area contributed by atoms with Gasteiger partial charge in [-0.2, -0.15) is 10.0 Å². The van der Waals surface area contributed by atoms with E-state index in [0.29, 0.717) is 0 Å². The zero-order valence-corrected chi connectivity index (χ0v) is 14.3. The van der Waals surface area contributed by atoms with Crippen LogP contribution in [0, 0.1) is 9.81 Å². The molecule has 4 atom stereocenters. The van der Waals surface area contributed by atoms with Gasteiger partial charge in [-0.05, 0) is 13.8 Å². The van der Waals surface area contributed by atoms with Gasteiger partial charge in [0.25, 0.3) is 0 Å². The van der Waals surface area contributed by atoms with Crippen LogP contribution in [0.15, 0.2) is 10.6 Å². The van der Waals surface area contributed by atoms with Crippen molar-refractivity contribution in [1.82, 2.24) is 20.7 Å². The lowest BCUT2D eigenvalue weighted by atomic mass is 10.2. The zero-order chi connectivity index (χ0) is 18.9. The second kappa shape index (κ2) is 10.9. The lowest BCUT2D eigenvalue weighted by molar-refractivity contribution is -0.00865. The second-order valence-electron chi connectivity index (χ2n) is 4.59. The molecule has 0 radical (unpaired) electrons. The standard InChI is InChI=1S/C10H18Cl2N6O6/c1-5(11)13-9(21)17(15-23)3-7(19)8(20)4-18(16-24)10(22)14-6(2)12/h5-8,19-20H,3-4H2,1-2H3,(H,13,21)(H,14,22)/t5?,6?,7-,8-/m1/s1. The van der Waals surface area contributed by atoms with Gasteiger partial charge in [0.2, 0.25) is 0 Å². The fourth-order valence-electron chi connectivity index (χ4n) is 1.39. The fraction of sp³-hybridized carbons (Fsp3) is 0.800. The van der Waals surface area contributed by atoms with E-state index in [4.69, 9.17) is 23.2 Å². The first-order valence-corrected chi connectivity index (χ1v) is 7.46. The number of carbonyl (C=O) groups is 2. The van der Waals surface area contributed by atoms with Crippen LogP contribution in [0.4, 0.5) is 9.59 Å². The van der Waals surface area contributed by atoms with Crippen LogP contribution in [0.5, 0.6) is 0 Å². The molecule has 0 aromatic heterocycles. The van der Waals surface area contributed by atoms with Crippen LogP contribution in [0.1, 0.15) is 13.8 Å². The molecule has 0 saturated heterocycles. The molecule has 0 aliphatic carbocycles. The van der Waals surface area contributed by atoms with E-state index in [1.165, 1.54) is 13.8 Å². The number of aliphatic hydroxyl groups is 2. The summed E-state index contributed by atoms with van der Waals surface area (Å²) in [6, 6.07) is -2.00. The zero-order valence-electron chi connectivity index (χ0n) is 12.8. The summed E-state index contributed by atoms with van der Waals surface area (Å²) in [6.45, 7) is 1.41. The molecule has 0 rings (SSSR count). The van der Waals surface area contributed by atoms with Crippen LogP contribution in [0.25, 0.3) is 0 Å². The topological polar surface area (TPSA) is 164 Å². The highest BCUT2D eigenvalue weighted by molar-refractivity contribution is 6.21. The van der Waals surface area contributed by atoms with Gasteiger partial charge in [-0.1, -0.05) is 23.2 Å². The maximum atomic E-state index is 11.5. The number of alkyl halides is 2. The van der Waals surface area contributed by atoms with Gasteiger partial charge in [0.15, 0.2) is 0 Å². The lowest BCUT2D eigenvalue weighted by Crippen LogP contribution is -2.49. The summed E-state index contributed by atoms with van der Waals surface area (Å²) in [4.78, 5) is 44.3. The summed E-state index contributed by atoms with van der Waals surface area (Å²) >= 11 is 11.0. The van der Waals surface area contributed by atoms with Gasteiger partial charge in [-0.25, -0.2) is 9.59 Å². The van der Waals surface area contributed by atoms with Crippen molar-refractivity contribution in [2.24, 2.45) is 10.6 Å². The van der Waals surface area contributed by atoms with Gasteiger partial charge in [0.1, 0.15) is 23.2 Å². The molecule has 0 saturated carbocycles. The minimum atomic E-state index is -1.70. The minimum Gasteiger partial charge on any atom is -0.388 e. The maximum absolute atomic E-state index is 11.5. The molecular formula is C10H18Cl2N6O6. The predicted octanol–water partition coefficient (Wildman–Crippen LogP) is 0.264. The van der Waals surface area contributed by atoms with E-state index in [-0.39, 0.29) is 10.0 Å². The number of amides is 4. The van der Waals surface area contributed by atoms with E-state index < -0.39 is 48.4 Å². The third-order valence-electron chi connectivity index (χ3n) is 2.47. The van der Waals surface area contributed by atoms with Gasteiger partial charge in [0.05, 0.1) is 23.7 Å². The SMILES string of the molecule is CC(Cl)NC(=O)N(C[C@@H](O)[C@H](O)CN(N=O)C(=O)NC(C)Cl)N=O. The molecule has 14 heteroatoms. The molecule has 2 unspecified atom stereocenters. The van der Waals surface area contributed by atoms with Crippen molar-refractivity contribution in [2.75, 3.05) is 13.1 Å². The van der Waals surface area contributed by atoms with Crippen LogP contribution >= 0.6 is 23.2 Å². The van der Waals surface area contributed by atoms with Crippen LogP contribution in [0.3, 0.4) is 0 Å². The predicted molar refractivity (Wildman–Crippen MR) is 84.7 cm³/mol. The molecule has 24 heavy (non-hydrogen) atoms. The molecule has 0 aromatic rings. The maximum Gasteiger partial charge on any atom is 0.341 e. The molecule has 0 fully saturated rings. The number of hydrogen-bond donors (Lipinski definition) is 4. The van der Waals surface area contributed by atoms with Gasteiger partial charge in [0, 0.05) is 0 Å². The van der Waals surface area contributed by atoms with Gasteiger partial charge in [-0.15, -0.1) is 9.81 Å². The van der Waals surface area contributed by atoms with Gasteiger partial charge in [-0.3, -0.25) is 0 Å². The van der Waals surface area contributed by atoms with E-state index in [1.807, 2.05) is 0 Å². The van der Waals surface area contributed by atoms with Crippen molar-refractivity contribution in [3.05, 3.63) is 9.81 Å². The average molecular weight is 389 g/mol. The number of aliphatic hydroxyl groups excluding tert-OH is 2. The van der Waals surface area contributed by atoms with E-state index in [2.05, 4.69) is 21.2 Å². The molecular weight excluding hydrogens is 371 g/mol. The number of carbonyl (C=O) groups excluding carboxylic acids is 2. The third-order valence-corrected chi connectivity index (χ3v) is 2.69. The van der Waals surface area contributed by atoms with Crippen LogP contribution in [-0.2, 0) is 0 Å². The van der Waals surface area contributed by atoms with Crippen LogP contribution in [0.2, 0.25) is 0 Å². The number of nitroso groups, excluding NO2 is 2. The van der Waals surface area contributed by atoms with Crippen molar-refractivity contribution in [3.63, 3.8) is 0 Å². The van der Waals surface area contributed by atoms with Crippen molar-refractivity contribution >= 4 is 35.3 Å². The summed E-state index contributed by atoms with van der Waals surface area (Å²) in [5, 5.41) is 29.2. The van der Waals surface area contributed by atoms with E-state index in [9.17, 15) is 29.6 Å². The number of rotatable bonds is 9. The Balaban J connectivity index is 4.69. The summed E-state index contributed by atoms with van der Waals surface area (Å²) in [7, 11) is 0. The molecule has 12 nitrogen and oxygen atoms in total. The Kier molecular flexibility index (Phi) is 10.1. The largest absolute Gasteiger partial charge is 0.388 e. The Bertz CT molecular complexity index is 414. The fourth-order valence-corrected chi connectivity index (χ4v) is 1.58. The van der Waals surface area contributed by atoms with Crippen molar-refractivity contribution in [2.45, 2.75) is 37.1 Å². The van der Waals surface area contributed by atoms with Crippen molar-refractivity contribution < 1.29 is 19.8 Å². The highest BCUT2D eigenvalue weighted by Gasteiger charge is 2.28. The van der Waals surface area contributed by atoms with E-state index >= 15 is 0 Å². The Labute approximate surface area is 146 Å². The smallest absolute Gasteiger partial charge is 0.341 e.